The van der Waals surface area contributed by atoms with Gasteiger partial charge >= 0.3 is 0 Å². The summed E-state index contributed by atoms with van der Waals surface area (Å²) in [5, 5.41) is 6.16. The second-order valence-electron chi connectivity index (χ2n) is 7.27. The number of carbonyl (C=O) groups is 1. The predicted octanol–water partition coefficient (Wildman–Crippen LogP) is 5.90. The van der Waals surface area contributed by atoms with Gasteiger partial charge < -0.3 is 10.6 Å². The minimum Gasteiger partial charge on any atom is -0.340 e. The van der Waals surface area contributed by atoms with Crippen molar-refractivity contribution in [2.24, 2.45) is 0 Å². The first-order valence-corrected chi connectivity index (χ1v) is 9.81. The van der Waals surface area contributed by atoms with Crippen molar-refractivity contribution in [3.05, 3.63) is 102 Å². The van der Waals surface area contributed by atoms with E-state index in [2.05, 4.69) is 20.6 Å². The zero-order chi connectivity index (χ0) is 21.8. The minimum atomic E-state index is -0.299. The fourth-order valence-electron chi connectivity index (χ4n) is 3.24. The van der Waals surface area contributed by atoms with Crippen LogP contribution in [0.25, 0.3) is 11.3 Å². The van der Waals surface area contributed by atoms with Gasteiger partial charge in [0.25, 0.3) is 5.91 Å². The molecule has 0 aliphatic rings. The second kappa shape index (κ2) is 8.75. The van der Waals surface area contributed by atoms with Crippen molar-refractivity contribution in [2.75, 3.05) is 10.6 Å². The number of amides is 1. The number of hydrogen-bond donors (Lipinski definition) is 2. The second-order valence-corrected chi connectivity index (χ2v) is 7.27. The first-order valence-electron chi connectivity index (χ1n) is 9.81. The number of benzene rings is 3. The van der Waals surface area contributed by atoms with Crippen LogP contribution in [0, 0.1) is 19.7 Å². The molecular weight excluding hydrogens is 391 g/mol. The molecule has 0 aliphatic carbocycles. The molecule has 4 aromatic rings. The van der Waals surface area contributed by atoms with E-state index in [4.69, 9.17) is 0 Å². The Morgan fingerprint density at radius 2 is 1.71 bits per heavy atom. The third kappa shape index (κ3) is 4.93. The van der Waals surface area contributed by atoms with Crippen LogP contribution in [0.3, 0.4) is 0 Å². The number of hydrogen-bond acceptors (Lipinski definition) is 4. The Labute approximate surface area is 180 Å². The van der Waals surface area contributed by atoms with Gasteiger partial charge in [-0.3, -0.25) is 4.79 Å². The molecule has 0 saturated heterocycles. The van der Waals surface area contributed by atoms with Crippen LogP contribution in [0.2, 0.25) is 0 Å². The first-order chi connectivity index (χ1) is 15.0. The monoisotopic (exact) mass is 412 g/mol. The van der Waals surface area contributed by atoms with Crippen molar-refractivity contribution in [1.82, 2.24) is 9.97 Å². The third-order valence-electron chi connectivity index (χ3n) is 4.83. The number of rotatable bonds is 5. The Morgan fingerprint density at radius 3 is 2.48 bits per heavy atom. The lowest BCUT2D eigenvalue weighted by molar-refractivity contribution is 0.102. The number of carbonyl (C=O) groups excluding carboxylic acids is 1. The summed E-state index contributed by atoms with van der Waals surface area (Å²) in [6.45, 7) is 3.98. The van der Waals surface area contributed by atoms with Gasteiger partial charge in [-0.05, 0) is 67.9 Å². The summed E-state index contributed by atoms with van der Waals surface area (Å²) in [5.74, 6) is 0.0821. The van der Waals surface area contributed by atoms with Crippen LogP contribution >= 0.6 is 0 Å². The molecule has 0 aliphatic heterocycles. The molecule has 2 N–H and O–H groups in total. The third-order valence-corrected chi connectivity index (χ3v) is 4.83. The molecule has 5 nitrogen and oxygen atoms in total. The fourth-order valence-corrected chi connectivity index (χ4v) is 3.24. The SMILES string of the molecule is Cc1ccc(NC(=O)c2cccc(Nc3cc(-c4ccc(F)cc4)ncn3)c2)c(C)c1. The number of aryl methyl sites for hydroxylation is 2. The van der Waals surface area contributed by atoms with Crippen LogP contribution in [0.5, 0.6) is 0 Å². The maximum atomic E-state index is 13.2. The Balaban J connectivity index is 1.51. The van der Waals surface area contributed by atoms with E-state index < -0.39 is 0 Å². The lowest BCUT2D eigenvalue weighted by Crippen LogP contribution is -2.13. The van der Waals surface area contributed by atoms with Gasteiger partial charge in [0.2, 0.25) is 0 Å². The van der Waals surface area contributed by atoms with Crippen molar-refractivity contribution in [1.29, 1.82) is 0 Å². The van der Waals surface area contributed by atoms with Gasteiger partial charge in [0.1, 0.15) is 18.0 Å². The van der Waals surface area contributed by atoms with E-state index in [1.807, 2.05) is 38.1 Å². The first kappa shape index (κ1) is 20.2. The summed E-state index contributed by atoms with van der Waals surface area (Å²) in [4.78, 5) is 21.2. The smallest absolute Gasteiger partial charge is 0.255 e. The van der Waals surface area contributed by atoms with Gasteiger partial charge in [0.05, 0.1) is 5.69 Å². The number of aromatic nitrogens is 2. The summed E-state index contributed by atoms with van der Waals surface area (Å²) in [7, 11) is 0. The summed E-state index contributed by atoms with van der Waals surface area (Å²) in [6.07, 6.45) is 1.44. The van der Waals surface area contributed by atoms with Gasteiger partial charge in [-0.25, -0.2) is 14.4 Å². The lowest BCUT2D eigenvalue weighted by atomic mass is 10.1. The van der Waals surface area contributed by atoms with E-state index in [1.54, 1.807) is 36.4 Å². The zero-order valence-electron chi connectivity index (χ0n) is 17.2. The molecule has 1 heterocycles. The molecule has 0 spiro atoms. The molecular formula is C25H21FN4O. The number of nitrogens with zero attached hydrogens (tertiary/aromatic N) is 2. The van der Waals surface area contributed by atoms with Crippen molar-refractivity contribution in [3.8, 4) is 11.3 Å². The molecule has 0 atom stereocenters. The topological polar surface area (TPSA) is 66.9 Å². The molecule has 154 valence electrons. The van der Waals surface area contributed by atoms with Crippen LogP contribution in [-0.4, -0.2) is 15.9 Å². The molecule has 6 heteroatoms. The van der Waals surface area contributed by atoms with E-state index >= 15 is 0 Å². The summed E-state index contributed by atoms with van der Waals surface area (Å²) in [5.41, 5.74) is 5.64. The maximum Gasteiger partial charge on any atom is 0.255 e. The van der Waals surface area contributed by atoms with E-state index in [1.165, 1.54) is 18.5 Å². The Kier molecular flexibility index (Phi) is 5.71. The van der Waals surface area contributed by atoms with Crippen LogP contribution in [0.4, 0.5) is 21.6 Å². The van der Waals surface area contributed by atoms with Crippen molar-refractivity contribution in [2.45, 2.75) is 13.8 Å². The van der Waals surface area contributed by atoms with Crippen molar-refractivity contribution >= 4 is 23.1 Å². The fraction of sp³-hybridized carbons (Fsp3) is 0.0800. The van der Waals surface area contributed by atoms with E-state index in [-0.39, 0.29) is 11.7 Å². The van der Waals surface area contributed by atoms with Crippen molar-refractivity contribution < 1.29 is 9.18 Å². The standard InChI is InChI=1S/C25H21FN4O/c1-16-6-11-22(17(2)12-16)30-25(31)19-4-3-5-21(13-19)29-24-14-23(27-15-28-24)18-7-9-20(26)10-8-18/h3-15H,1-2H3,(H,30,31)(H,27,28,29). The molecule has 31 heavy (non-hydrogen) atoms. The highest BCUT2D eigenvalue weighted by molar-refractivity contribution is 6.05. The quantitative estimate of drug-likeness (QED) is 0.429. The molecule has 0 fully saturated rings. The van der Waals surface area contributed by atoms with Crippen LogP contribution in [0.15, 0.2) is 79.1 Å². The van der Waals surface area contributed by atoms with Crippen LogP contribution in [0.1, 0.15) is 21.5 Å². The van der Waals surface area contributed by atoms with E-state index in [0.29, 0.717) is 17.1 Å². The normalized spacial score (nSPS) is 10.5. The van der Waals surface area contributed by atoms with Gasteiger partial charge in [-0.15, -0.1) is 0 Å². The van der Waals surface area contributed by atoms with E-state index in [9.17, 15) is 9.18 Å². The highest BCUT2D eigenvalue weighted by Crippen LogP contribution is 2.23. The summed E-state index contributed by atoms with van der Waals surface area (Å²) >= 11 is 0. The number of anilines is 3. The largest absolute Gasteiger partial charge is 0.340 e. The maximum absolute atomic E-state index is 13.2. The van der Waals surface area contributed by atoms with Gasteiger partial charge in [0, 0.05) is 28.6 Å². The molecule has 1 aromatic heterocycles. The molecule has 0 bridgehead atoms. The molecule has 0 radical (unpaired) electrons. The lowest BCUT2D eigenvalue weighted by Gasteiger charge is -2.11. The summed E-state index contributed by atoms with van der Waals surface area (Å²) < 4.78 is 13.2. The highest BCUT2D eigenvalue weighted by Gasteiger charge is 2.09. The van der Waals surface area contributed by atoms with E-state index in [0.717, 1.165) is 28.1 Å². The van der Waals surface area contributed by atoms with Crippen molar-refractivity contribution in [3.63, 3.8) is 0 Å². The van der Waals surface area contributed by atoms with Crippen LogP contribution in [-0.2, 0) is 0 Å². The van der Waals surface area contributed by atoms with Crippen LogP contribution < -0.4 is 10.6 Å². The Bertz CT molecular complexity index is 1240. The Morgan fingerprint density at radius 1 is 0.903 bits per heavy atom. The zero-order valence-corrected chi connectivity index (χ0v) is 17.2. The number of nitrogens with one attached hydrogen (secondary N) is 2. The molecule has 1 amide bonds. The average molecular weight is 412 g/mol. The molecule has 3 aromatic carbocycles. The highest BCUT2D eigenvalue weighted by atomic mass is 19.1. The predicted molar refractivity (Wildman–Crippen MR) is 121 cm³/mol. The minimum absolute atomic E-state index is 0.190. The van der Waals surface area contributed by atoms with Gasteiger partial charge in [0.15, 0.2) is 0 Å². The van der Waals surface area contributed by atoms with Gasteiger partial charge in [-0.1, -0.05) is 23.8 Å². The molecule has 0 saturated carbocycles. The molecule has 0 unspecified atom stereocenters. The number of halogens is 1. The Hall–Kier alpha value is -4.06. The average Bonchev–Trinajstić information content (AvgIpc) is 2.76. The molecule has 4 rings (SSSR count). The summed E-state index contributed by atoms with van der Waals surface area (Å²) in [6, 6.07) is 21.0. The van der Waals surface area contributed by atoms with Gasteiger partial charge in [-0.2, -0.15) is 0 Å².